The molecule has 1 amide bonds. The fourth-order valence-electron chi connectivity index (χ4n) is 2.63. The number of thioether (sulfide) groups is 1. The molecule has 4 rings (SSSR count). The van der Waals surface area contributed by atoms with Crippen LogP contribution in [0.1, 0.15) is 5.69 Å². The first-order valence-electron chi connectivity index (χ1n) is 8.23. The van der Waals surface area contributed by atoms with Crippen LogP contribution >= 0.6 is 34.7 Å². The third-order valence-electron chi connectivity index (χ3n) is 3.85. The largest absolute Gasteiger partial charge is 0.308 e. The summed E-state index contributed by atoms with van der Waals surface area (Å²) < 4.78 is 2.00. The molecule has 0 aliphatic rings. The summed E-state index contributed by atoms with van der Waals surface area (Å²) in [5.74, 6) is 0.271. The van der Waals surface area contributed by atoms with Gasteiger partial charge >= 0.3 is 0 Å². The predicted molar refractivity (Wildman–Crippen MR) is 113 cm³/mol. The summed E-state index contributed by atoms with van der Waals surface area (Å²) in [6.45, 7) is 1.85. The zero-order valence-electron chi connectivity index (χ0n) is 14.6. The lowest BCUT2D eigenvalue weighted by Gasteiger charge is -2.13. The molecule has 0 saturated heterocycles. The van der Waals surface area contributed by atoms with Crippen molar-refractivity contribution in [1.82, 2.24) is 19.7 Å². The SMILES string of the molecule is Cc1cc(NC(=O)CSc2nc3ccsc3c(=O)n2-c2ccccc2Cl)n[nH]1. The number of amides is 1. The molecule has 28 heavy (non-hydrogen) atoms. The van der Waals surface area contributed by atoms with Crippen LogP contribution in [0.5, 0.6) is 0 Å². The van der Waals surface area contributed by atoms with Crippen molar-refractivity contribution in [1.29, 1.82) is 0 Å². The zero-order chi connectivity index (χ0) is 19.7. The van der Waals surface area contributed by atoms with Gasteiger partial charge in [0.2, 0.25) is 5.91 Å². The molecule has 0 aliphatic carbocycles. The summed E-state index contributed by atoms with van der Waals surface area (Å²) in [5, 5.41) is 12.1. The number of hydrogen-bond acceptors (Lipinski definition) is 6. The van der Waals surface area contributed by atoms with E-state index in [9.17, 15) is 9.59 Å². The highest BCUT2D eigenvalue weighted by atomic mass is 35.5. The van der Waals surface area contributed by atoms with Crippen molar-refractivity contribution in [3.05, 3.63) is 62.8 Å². The van der Waals surface area contributed by atoms with Crippen LogP contribution < -0.4 is 10.9 Å². The molecule has 0 radical (unpaired) electrons. The van der Waals surface area contributed by atoms with Crippen molar-refractivity contribution in [3.63, 3.8) is 0 Å². The third kappa shape index (κ3) is 3.68. The van der Waals surface area contributed by atoms with Crippen LogP contribution in [-0.4, -0.2) is 31.4 Å². The van der Waals surface area contributed by atoms with Crippen molar-refractivity contribution < 1.29 is 4.79 Å². The van der Waals surface area contributed by atoms with Crippen molar-refractivity contribution >= 4 is 56.6 Å². The number of aromatic amines is 1. The molecule has 0 saturated carbocycles. The summed E-state index contributed by atoms with van der Waals surface area (Å²) in [6, 6.07) is 10.6. The van der Waals surface area contributed by atoms with Crippen molar-refractivity contribution in [2.45, 2.75) is 12.1 Å². The number of nitrogens with one attached hydrogen (secondary N) is 2. The molecule has 7 nitrogen and oxygen atoms in total. The van der Waals surface area contributed by atoms with E-state index in [2.05, 4.69) is 20.5 Å². The Morgan fingerprint density at radius 1 is 1.36 bits per heavy atom. The normalized spacial score (nSPS) is 11.1. The Hall–Kier alpha value is -2.62. The summed E-state index contributed by atoms with van der Waals surface area (Å²) in [4.78, 5) is 29.9. The summed E-state index contributed by atoms with van der Waals surface area (Å²) in [6.07, 6.45) is 0. The number of anilines is 1. The van der Waals surface area contributed by atoms with Gasteiger partial charge in [-0.15, -0.1) is 11.3 Å². The number of carbonyl (C=O) groups is 1. The maximum Gasteiger partial charge on any atom is 0.276 e. The third-order valence-corrected chi connectivity index (χ3v) is 6.00. The summed E-state index contributed by atoms with van der Waals surface area (Å²) in [7, 11) is 0. The molecule has 0 atom stereocenters. The summed E-state index contributed by atoms with van der Waals surface area (Å²) >= 11 is 8.81. The average Bonchev–Trinajstić information content (AvgIpc) is 3.30. The zero-order valence-corrected chi connectivity index (χ0v) is 17.0. The molecule has 2 N–H and O–H groups in total. The number of aromatic nitrogens is 4. The minimum atomic E-state index is -0.248. The van der Waals surface area contributed by atoms with Gasteiger partial charge in [-0.2, -0.15) is 5.10 Å². The second kappa shape index (κ2) is 7.78. The van der Waals surface area contributed by atoms with Gasteiger partial charge < -0.3 is 5.32 Å². The van der Waals surface area contributed by atoms with Gasteiger partial charge in [-0.3, -0.25) is 19.3 Å². The van der Waals surface area contributed by atoms with Crippen LogP contribution in [0.15, 0.2) is 51.7 Å². The van der Waals surface area contributed by atoms with Gasteiger partial charge in [0, 0.05) is 11.8 Å². The first kappa shape index (κ1) is 18.7. The quantitative estimate of drug-likeness (QED) is 0.369. The highest BCUT2D eigenvalue weighted by molar-refractivity contribution is 7.99. The number of nitrogens with zero attached hydrogens (tertiary/aromatic N) is 3. The van der Waals surface area contributed by atoms with Gasteiger partial charge in [0.1, 0.15) is 4.70 Å². The lowest BCUT2D eigenvalue weighted by Crippen LogP contribution is -2.22. The second-order valence-electron chi connectivity index (χ2n) is 5.89. The van der Waals surface area contributed by atoms with Gasteiger partial charge in [0.05, 0.1) is 22.0 Å². The number of rotatable bonds is 5. The fraction of sp³-hybridized carbons (Fsp3) is 0.111. The van der Waals surface area contributed by atoms with Crippen LogP contribution in [0, 0.1) is 6.92 Å². The lowest BCUT2D eigenvalue weighted by atomic mass is 10.3. The molecular formula is C18H14ClN5O2S2. The van der Waals surface area contributed by atoms with Crippen molar-refractivity contribution in [2.24, 2.45) is 0 Å². The minimum Gasteiger partial charge on any atom is -0.308 e. The molecule has 0 bridgehead atoms. The van der Waals surface area contributed by atoms with Gasteiger partial charge in [-0.05, 0) is 30.5 Å². The Morgan fingerprint density at radius 2 is 2.18 bits per heavy atom. The molecule has 0 spiro atoms. The van der Waals surface area contributed by atoms with Gasteiger partial charge in [-0.25, -0.2) is 4.98 Å². The number of halogens is 1. The standard InChI is InChI=1S/C18H14ClN5O2S2/c1-10-8-14(23-22-10)21-15(25)9-28-18-20-12-6-7-27-16(12)17(26)24(18)13-5-3-2-4-11(13)19/h2-8H,9H2,1H3,(H2,21,22,23,25). The molecule has 1 aromatic carbocycles. The molecular weight excluding hydrogens is 418 g/mol. The number of aryl methyl sites for hydroxylation is 1. The lowest BCUT2D eigenvalue weighted by molar-refractivity contribution is -0.113. The van der Waals surface area contributed by atoms with Crippen LogP contribution in [0.2, 0.25) is 5.02 Å². The van der Waals surface area contributed by atoms with E-state index in [0.29, 0.717) is 31.9 Å². The van der Waals surface area contributed by atoms with Crippen LogP contribution in [0.25, 0.3) is 15.9 Å². The second-order valence-corrected chi connectivity index (χ2v) is 8.16. The topological polar surface area (TPSA) is 92.7 Å². The molecule has 10 heteroatoms. The van der Waals surface area contributed by atoms with E-state index in [4.69, 9.17) is 11.6 Å². The van der Waals surface area contributed by atoms with E-state index >= 15 is 0 Å². The summed E-state index contributed by atoms with van der Waals surface area (Å²) in [5.41, 5.74) is 1.77. The van der Waals surface area contributed by atoms with E-state index in [-0.39, 0.29) is 17.2 Å². The average molecular weight is 432 g/mol. The number of H-pyrrole nitrogens is 1. The highest BCUT2D eigenvalue weighted by Crippen LogP contribution is 2.27. The van der Waals surface area contributed by atoms with Crippen LogP contribution in [0.4, 0.5) is 5.82 Å². The van der Waals surface area contributed by atoms with E-state index in [0.717, 1.165) is 17.5 Å². The first-order valence-corrected chi connectivity index (χ1v) is 10.5. The monoisotopic (exact) mass is 431 g/mol. The molecule has 4 aromatic rings. The molecule has 0 unspecified atom stereocenters. The minimum absolute atomic E-state index is 0.0679. The van der Waals surface area contributed by atoms with E-state index in [1.165, 1.54) is 15.9 Å². The Balaban J connectivity index is 1.68. The maximum atomic E-state index is 13.0. The Labute approximate surface area is 172 Å². The maximum absolute atomic E-state index is 13.0. The van der Waals surface area contributed by atoms with E-state index in [1.54, 1.807) is 36.4 Å². The number of hydrogen-bond donors (Lipinski definition) is 2. The van der Waals surface area contributed by atoms with Gasteiger partial charge in [0.25, 0.3) is 5.56 Å². The smallest absolute Gasteiger partial charge is 0.276 e. The van der Waals surface area contributed by atoms with E-state index in [1.807, 2.05) is 12.3 Å². The predicted octanol–water partition coefficient (Wildman–Crippen LogP) is 3.86. The number of fused-ring (bicyclic) bond motifs is 1. The number of thiophene rings is 1. The number of benzene rings is 1. The highest BCUT2D eigenvalue weighted by Gasteiger charge is 2.17. The fourth-order valence-corrected chi connectivity index (χ4v) is 4.41. The Bertz CT molecular complexity index is 1230. The first-order chi connectivity index (χ1) is 13.5. The molecule has 3 aromatic heterocycles. The van der Waals surface area contributed by atoms with E-state index < -0.39 is 0 Å². The Kier molecular flexibility index (Phi) is 5.21. The van der Waals surface area contributed by atoms with Crippen molar-refractivity contribution in [2.75, 3.05) is 11.1 Å². The van der Waals surface area contributed by atoms with Crippen LogP contribution in [0.3, 0.4) is 0 Å². The number of para-hydroxylation sites is 1. The van der Waals surface area contributed by atoms with Gasteiger partial charge in [0.15, 0.2) is 11.0 Å². The number of carbonyl (C=O) groups excluding carboxylic acids is 1. The molecule has 0 aliphatic heterocycles. The Morgan fingerprint density at radius 3 is 2.93 bits per heavy atom. The molecule has 142 valence electrons. The molecule has 0 fully saturated rings. The van der Waals surface area contributed by atoms with Crippen molar-refractivity contribution in [3.8, 4) is 5.69 Å². The van der Waals surface area contributed by atoms with Crippen LogP contribution in [-0.2, 0) is 4.79 Å². The molecule has 3 heterocycles. The van der Waals surface area contributed by atoms with Gasteiger partial charge in [-0.1, -0.05) is 35.5 Å².